The van der Waals surface area contributed by atoms with E-state index >= 15 is 0 Å². The number of hydrogen-bond donors (Lipinski definition) is 1. The van der Waals surface area contributed by atoms with Gasteiger partial charge in [-0.1, -0.05) is 30.3 Å². The van der Waals surface area contributed by atoms with Crippen LogP contribution in [0.2, 0.25) is 0 Å². The topological polar surface area (TPSA) is 88.9 Å². The van der Waals surface area contributed by atoms with Gasteiger partial charge in [-0.15, -0.1) is 11.8 Å². The lowest BCUT2D eigenvalue weighted by Gasteiger charge is -2.28. The van der Waals surface area contributed by atoms with E-state index in [1.54, 1.807) is 23.3 Å². The summed E-state index contributed by atoms with van der Waals surface area (Å²) in [6.07, 6.45) is 1.63. The van der Waals surface area contributed by atoms with E-state index in [-0.39, 0.29) is 31.4 Å². The Morgan fingerprint density at radius 3 is 2.70 bits per heavy atom. The van der Waals surface area contributed by atoms with E-state index in [1.807, 2.05) is 44.2 Å². The molecule has 2 aliphatic heterocycles. The number of ether oxygens (including phenoxy) is 1. The van der Waals surface area contributed by atoms with E-state index in [9.17, 15) is 14.4 Å². The van der Waals surface area contributed by atoms with Crippen LogP contribution < -0.4 is 5.32 Å². The molecule has 3 heterocycles. The van der Waals surface area contributed by atoms with Crippen molar-refractivity contribution in [3.8, 4) is 0 Å². The normalized spacial score (nSPS) is 24.5. The van der Waals surface area contributed by atoms with E-state index in [4.69, 9.17) is 9.15 Å². The molecule has 30 heavy (non-hydrogen) atoms. The predicted molar refractivity (Wildman–Crippen MR) is 111 cm³/mol. The summed E-state index contributed by atoms with van der Waals surface area (Å²) in [5, 5.41) is 2.45. The van der Waals surface area contributed by atoms with Crippen LogP contribution in [0.4, 0.5) is 0 Å². The van der Waals surface area contributed by atoms with Crippen LogP contribution in [0, 0.1) is 5.92 Å². The molecule has 8 heteroatoms. The first-order chi connectivity index (χ1) is 14.4. The number of amides is 2. The van der Waals surface area contributed by atoms with Crippen molar-refractivity contribution < 1.29 is 23.5 Å². The number of nitrogens with one attached hydrogen (secondary N) is 1. The SMILES string of the molecule is CC1(C)S[C@@H]2[C@@H](C(=O)NCc3ccco3)CC(=O)N2C1C(=O)OCc1ccccc1. The molecular formula is C22H24N2O5S. The summed E-state index contributed by atoms with van der Waals surface area (Å²) in [5.74, 6) is -0.731. The minimum atomic E-state index is -0.730. The molecule has 0 radical (unpaired) electrons. The quantitative estimate of drug-likeness (QED) is 0.712. The number of nitrogens with zero attached hydrogens (tertiary/aromatic N) is 1. The predicted octanol–water partition coefficient (Wildman–Crippen LogP) is 2.71. The minimum absolute atomic E-state index is 0.0835. The number of carbonyl (C=O) groups is 3. The van der Waals surface area contributed by atoms with Gasteiger partial charge in [-0.2, -0.15) is 0 Å². The van der Waals surface area contributed by atoms with Gasteiger partial charge in [0.25, 0.3) is 0 Å². The Hall–Kier alpha value is -2.74. The Morgan fingerprint density at radius 1 is 1.23 bits per heavy atom. The molecule has 2 saturated heterocycles. The van der Waals surface area contributed by atoms with Crippen molar-refractivity contribution in [2.45, 2.75) is 49.6 Å². The fourth-order valence-electron chi connectivity index (χ4n) is 4.02. The van der Waals surface area contributed by atoms with Gasteiger partial charge < -0.3 is 19.4 Å². The molecule has 1 N–H and O–H groups in total. The standard InChI is InChI=1S/C22H24N2O5S/c1-22(2)18(21(27)29-13-14-7-4-3-5-8-14)24-17(25)11-16(20(24)30-22)19(26)23-12-15-9-6-10-28-15/h3-10,16,18,20H,11-13H2,1-2H3,(H,23,26)/t16-,18?,20-/m1/s1. The average Bonchev–Trinajstić information content (AvgIpc) is 3.41. The van der Waals surface area contributed by atoms with Crippen LogP contribution in [0.25, 0.3) is 0 Å². The molecule has 2 aliphatic rings. The van der Waals surface area contributed by atoms with E-state index in [1.165, 1.54) is 11.8 Å². The van der Waals surface area contributed by atoms with Crippen molar-refractivity contribution in [2.24, 2.45) is 5.92 Å². The number of rotatable bonds is 6. The van der Waals surface area contributed by atoms with Crippen molar-refractivity contribution in [3.05, 3.63) is 60.1 Å². The van der Waals surface area contributed by atoms with Crippen molar-refractivity contribution >= 4 is 29.5 Å². The second kappa shape index (κ2) is 8.18. The van der Waals surface area contributed by atoms with E-state index in [2.05, 4.69) is 5.32 Å². The minimum Gasteiger partial charge on any atom is -0.467 e. The summed E-state index contributed by atoms with van der Waals surface area (Å²) < 4.78 is 10.2. The summed E-state index contributed by atoms with van der Waals surface area (Å²) in [6.45, 7) is 4.24. The maximum atomic E-state index is 12.9. The summed E-state index contributed by atoms with van der Waals surface area (Å²) in [5.41, 5.74) is 0.883. The maximum absolute atomic E-state index is 12.9. The van der Waals surface area contributed by atoms with Crippen LogP contribution in [-0.4, -0.2) is 38.8 Å². The van der Waals surface area contributed by atoms with Crippen LogP contribution in [0.3, 0.4) is 0 Å². The Kier molecular flexibility index (Phi) is 5.60. The number of hydrogen-bond acceptors (Lipinski definition) is 6. The molecule has 4 rings (SSSR count). The van der Waals surface area contributed by atoms with E-state index in [0.717, 1.165) is 5.56 Å². The second-order valence-electron chi connectivity index (χ2n) is 8.02. The van der Waals surface area contributed by atoms with E-state index in [0.29, 0.717) is 5.76 Å². The van der Waals surface area contributed by atoms with Gasteiger partial charge >= 0.3 is 5.97 Å². The number of benzene rings is 1. The van der Waals surface area contributed by atoms with Crippen LogP contribution in [0.15, 0.2) is 53.1 Å². The van der Waals surface area contributed by atoms with Crippen LogP contribution in [0.5, 0.6) is 0 Å². The first kappa shape index (κ1) is 20.5. The molecule has 158 valence electrons. The van der Waals surface area contributed by atoms with Crippen LogP contribution in [-0.2, 0) is 32.3 Å². The third kappa shape index (κ3) is 3.96. The highest BCUT2D eigenvalue weighted by Gasteiger charge is 2.60. The fourth-order valence-corrected chi connectivity index (χ4v) is 5.71. The highest BCUT2D eigenvalue weighted by Crippen LogP contribution is 2.51. The Balaban J connectivity index is 1.44. The Labute approximate surface area is 179 Å². The average molecular weight is 429 g/mol. The largest absolute Gasteiger partial charge is 0.467 e. The lowest BCUT2D eigenvalue weighted by atomic mass is 10.0. The number of furan rings is 1. The zero-order valence-electron chi connectivity index (χ0n) is 16.9. The van der Waals surface area contributed by atoms with Gasteiger partial charge in [-0.05, 0) is 31.5 Å². The first-order valence-corrected chi connectivity index (χ1v) is 10.7. The van der Waals surface area contributed by atoms with Gasteiger partial charge in [-0.25, -0.2) is 4.79 Å². The molecule has 0 bridgehead atoms. The summed E-state index contributed by atoms with van der Waals surface area (Å²) in [7, 11) is 0. The third-order valence-corrected chi connectivity index (χ3v) is 7.09. The third-order valence-electron chi connectivity index (χ3n) is 5.46. The summed E-state index contributed by atoms with van der Waals surface area (Å²) in [6, 6.07) is 12.2. The number of esters is 1. The van der Waals surface area contributed by atoms with E-state index < -0.39 is 28.0 Å². The molecule has 0 saturated carbocycles. The Morgan fingerprint density at radius 2 is 2.00 bits per heavy atom. The van der Waals surface area contributed by atoms with Gasteiger partial charge in [0.2, 0.25) is 11.8 Å². The van der Waals surface area contributed by atoms with Gasteiger partial charge in [0.05, 0.1) is 24.1 Å². The maximum Gasteiger partial charge on any atom is 0.330 e. The molecule has 1 aromatic heterocycles. The smallest absolute Gasteiger partial charge is 0.330 e. The zero-order valence-corrected chi connectivity index (χ0v) is 17.7. The molecular weight excluding hydrogens is 404 g/mol. The molecule has 0 spiro atoms. The van der Waals surface area contributed by atoms with Crippen molar-refractivity contribution in [1.29, 1.82) is 0 Å². The van der Waals surface area contributed by atoms with Gasteiger partial charge in [0, 0.05) is 11.2 Å². The fraction of sp³-hybridized carbons (Fsp3) is 0.409. The number of fused-ring (bicyclic) bond motifs is 1. The molecule has 2 aromatic rings. The molecule has 3 atom stereocenters. The number of thioether (sulfide) groups is 1. The lowest BCUT2D eigenvalue weighted by Crippen LogP contribution is -2.49. The van der Waals surface area contributed by atoms with Gasteiger partial charge in [0.1, 0.15) is 18.4 Å². The van der Waals surface area contributed by atoms with Crippen molar-refractivity contribution in [3.63, 3.8) is 0 Å². The highest BCUT2D eigenvalue weighted by molar-refractivity contribution is 8.01. The summed E-state index contributed by atoms with van der Waals surface area (Å²) in [4.78, 5) is 40.0. The highest BCUT2D eigenvalue weighted by atomic mass is 32.2. The molecule has 0 aliphatic carbocycles. The van der Waals surface area contributed by atoms with Crippen LogP contribution >= 0.6 is 11.8 Å². The van der Waals surface area contributed by atoms with Crippen molar-refractivity contribution in [1.82, 2.24) is 10.2 Å². The summed E-state index contributed by atoms with van der Waals surface area (Å²) >= 11 is 1.48. The second-order valence-corrected chi connectivity index (χ2v) is 9.79. The molecule has 1 aromatic carbocycles. The Bertz CT molecular complexity index is 928. The molecule has 1 unspecified atom stereocenters. The van der Waals surface area contributed by atoms with Gasteiger partial charge in [0.15, 0.2) is 0 Å². The zero-order chi connectivity index (χ0) is 21.3. The van der Waals surface area contributed by atoms with Crippen molar-refractivity contribution in [2.75, 3.05) is 0 Å². The first-order valence-electron chi connectivity index (χ1n) is 9.86. The lowest BCUT2D eigenvalue weighted by molar-refractivity contribution is -0.155. The van der Waals surface area contributed by atoms with Crippen LogP contribution in [0.1, 0.15) is 31.6 Å². The monoisotopic (exact) mass is 428 g/mol. The number of carbonyl (C=O) groups excluding carboxylic acids is 3. The van der Waals surface area contributed by atoms with Gasteiger partial charge in [-0.3, -0.25) is 9.59 Å². The molecule has 7 nitrogen and oxygen atoms in total. The molecule has 2 fully saturated rings. The molecule has 2 amide bonds.